The number of ketones is 2. The molecule has 0 saturated heterocycles. The van der Waals surface area contributed by atoms with Crippen molar-refractivity contribution < 1.29 is 9.59 Å². The van der Waals surface area contributed by atoms with Crippen molar-refractivity contribution in [3.63, 3.8) is 0 Å². The van der Waals surface area contributed by atoms with Crippen molar-refractivity contribution in [2.45, 2.75) is 23.5 Å². The third-order valence-electron chi connectivity index (χ3n) is 2.00. The Labute approximate surface area is 82.0 Å². The van der Waals surface area contributed by atoms with Gasteiger partial charge in [-0.3, -0.25) is 9.59 Å². The first-order valence-corrected chi connectivity index (χ1v) is 5.08. The predicted octanol–water partition coefficient (Wildman–Crippen LogP) is 1.69. The van der Waals surface area contributed by atoms with E-state index < -0.39 is 10.2 Å². The van der Waals surface area contributed by atoms with Gasteiger partial charge in [-0.25, -0.2) is 0 Å². The van der Waals surface area contributed by atoms with Gasteiger partial charge in [0.2, 0.25) is 0 Å². The summed E-state index contributed by atoms with van der Waals surface area (Å²) in [5, 5.41) is 0. The van der Waals surface area contributed by atoms with Gasteiger partial charge in [0.25, 0.3) is 0 Å². The average Bonchev–Trinajstić information content (AvgIpc) is 2.06. The van der Waals surface area contributed by atoms with Crippen LogP contribution < -0.4 is 0 Å². The maximum absolute atomic E-state index is 11.3. The number of carbonyl (C=O) groups is 2. The molecule has 11 heavy (non-hydrogen) atoms. The van der Waals surface area contributed by atoms with Gasteiger partial charge < -0.3 is 0 Å². The van der Waals surface area contributed by atoms with E-state index in [0.717, 1.165) is 0 Å². The van der Waals surface area contributed by atoms with Gasteiger partial charge in [0, 0.05) is 5.41 Å². The minimum absolute atomic E-state index is 0.0376. The second-order valence-electron chi connectivity index (χ2n) is 3.21. The number of hydrogen-bond donors (Lipinski definition) is 0. The molecule has 0 aromatic heterocycles. The Balaban J connectivity index is 3.06. The Kier molecular flexibility index (Phi) is 2.27. The molecule has 2 nitrogen and oxygen atoms in total. The first-order chi connectivity index (χ1) is 4.89. The summed E-state index contributed by atoms with van der Waals surface area (Å²) in [6.07, 6.45) is 0. The van der Waals surface area contributed by atoms with Crippen LogP contribution in [0.4, 0.5) is 0 Å². The highest BCUT2D eigenvalue weighted by molar-refractivity contribution is 9.11. The summed E-state index contributed by atoms with van der Waals surface area (Å²) in [6, 6.07) is 0. The van der Waals surface area contributed by atoms with E-state index >= 15 is 0 Å². The fourth-order valence-electron chi connectivity index (χ4n) is 1.06. The highest BCUT2D eigenvalue weighted by atomic mass is 79.9. The molecule has 1 rings (SSSR count). The smallest absolute Gasteiger partial charge is 0.168 e. The maximum atomic E-state index is 11.3. The molecular weight excluding hydrogens is 276 g/mol. The number of Topliss-reactive ketones (excluding diaryl/α,β-unsaturated/α-hetero) is 2. The van der Waals surface area contributed by atoms with Crippen LogP contribution in [-0.4, -0.2) is 21.2 Å². The van der Waals surface area contributed by atoms with Gasteiger partial charge in [0.1, 0.15) is 4.83 Å². The van der Waals surface area contributed by atoms with Crippen molar-refractivity contribution in [1.29, 1.82) is 0 Å². The van der Waals surface area contributed by atoms with E-state index in [1.54, 1.807) is 13.8 Å². The number of carbonyl (C=O) groups excluding carboxylic acids is 2. The molecule has 0 aliphatic heterocycles. The molecule has 0 aromatic rings. The molecule has 4 heteroatoms. The van der Waals surface area contributed by atoms with Crippen molar-refractivity contribution in [3.8, 4) is 0 Å². The van der Waals surface area contributed by atoms with Crippen LogP contribution in [0.5, 0.6) is 0 Å². The Morgan fingerprint density at radius 3 is 1.82 bits per heavy atom. The SMILES string of the molecule is CC1(C)C(=O)C(Br)C(=O)C1Br. The second-order valence-corrected chi connectivity index (χ2v) is 5.04. The van der Waals surface area contributed by atoms with E-state index in [2.05, 4.69) is 31.9 Å². The van der Waals surface area contributed by atoms with Crippen LogP contribution in [0.15, 0.2) is 0 Å². The van der Waals surface area contributed by atoms with E-state index in [0.29, 0.717) is 0 Å². The number of rotatable bonds is 0. The lowest BCUT2D eigenvalue weighted by Gasteiger charge is -2.17. The average molecular weight is 284 g/mol. The van der Waals surface area contributed by atoms with Crippen molar-refractivity contribution >= 4 is 43.4 Å². The molecule has 1 aliphatic rings. The molecule has 1 aliphatic carbocycles. The van der Waals surface area contributed by atoms with E-state index in [1.807, 2.05) is 0 Å². The zero-order chi connectivity index (χ0) is 8.81. The van der Waals surface area contributed by atoms with Crippen LogP contribution in [0.3, 0.4) is 0 Å². The Morgan fingerprint density at radius 1 is 1.27 bits per heavy atom. The molecule has 1 saturated carbocycles. The molecule has 1 fully saturated rings. The van der Waals surface area contributed by atoms with Gasteiger partial charge in [-0.1, -0.05) is 45.7 Å². The van der Waals surface area contributed by atoms with E-state index in [4.69, 9.17) is 0 Å². The molecule has 0 amide bonds. The predicted molar refractivity (Wildman–Crippen MR) is 49.2 cm³/mol. The number of halogens is 2. The molecule has 0 aromatic carbocycles. The Hall–Kier alpha value is 0.300. The van der Waals surface area contributed by atoms with Crippen LogP contribution in [0, 0.1) is 5.41 Å². The summed E-state index contributed by atoms with van der Waals surface area (Å²) in [5.41, 5.74) is -0.564. The van der Waals surface area contributed by atoms with Gasteiger partial charge in [-0.15, -0.1) is 0 Å². The largest absolute Gasteiger partial charge is 0.297 e. The Bertz CT molecular complexity index is 222. The first-order valence-electron chi connectivity index (χ1n) is 3.25. The standard InChI is InChI=1S/C7H8Br2O2/c1-7(2)5(9)4(10)3(8)6(7)11/h3,5H,1-2H3. The number of alkyl halides is 2. The molecule has 0 heterocycles. The minimum atomic E-state index is -0.609. The van der Waals surface area contributed by atoms with Crippen LogP contribution in [0.1, 0.15) is 13.8 Å². The summed E-state index contributed by atoms with van der Waals surface area (Å²) < 4.78 is 0. The lowest BCUT2D eigenvalue weighted by Crippen LogP contribution is -2.27. The molecule has 2 atom stereocenters. The highest BCUT2D eigenvalue weighted by Crippen LogP contribution is 2.39. The van der Waals surface area contributed by atoms with E-state index in [1.165, 1.54) is 0 Å². The Morgan fingerprint density at radius 2 is 1.73 bits per heavy atom. The van der Waals surface area contributed by atoms with Gasteiger partial charge >= 0.3 is 0 Å². The van der Waals surface area contributed by atoms with Gasteiger partial charge in [0.15, 0.2) is 11.6 Å². The number of hydrogen-bond acceptors (Lipinski definition) is 2. The molecule has 0 N–H and O–H groups in total. The normalized spacial score (nSPS) is 36.4. The summed E-state index contributed by atoms with van der Waals surface area (Å²) in [4.78, 5) is 21.6. The van der Waals surface area contributed by atoms with Gasteiger partial charge in [-0.05, 0) is 0 Å². The van der Waals surface area contributed by atoms with Crippen LogP contribution >= 0.6 is 31.9 Å². The molecule has 62 valence electrons. The summed E-state index contributed by atoms with van der Waals surface area (Å²) in [6.45, 7) is 3.54. The molecule has 0 bridgehead atoms. The lowest BCUT2D eigenvalue weighted by atomic mass is 9.91. The van der Waals surface area contributed by atoms with Crippen LogP contribution in [-0.2, 0) is 9.59 Å². The van der Waals surface area contributed by atoms with E-state index in [-0.39, 0.29) is 16.4 Å². The molecular formula is C7H8Br2O2. The maximum Gasteiger partial charge on any atom is 0.168 e. The second kappa shape index (κ2) is 2.66. The molecule has 2 unspecified atom stereocenters. The van der Waals surface area contributed by atoms with Crippen LogP contribution in [0.25, 0.3) is 0 Å². The van der Waals surface area contributed by atoms with Gasteiger partial charge in [0.05, 0.1) is 4.83 Å². The summed E-state index contributed by atoms with van der Waals surface area (Å²) in [5.74, 6) is -0.107. The first kappa shape index (κ1) is 9.39. The van der Waals surface area contributed by atoms with Crippen molar-refractivity contribution in [2.24, 2.45) is 5.41 Å². The fourth-order valence-corrected chi connectivity index (χ4v) is 2.76. The third-order valence-corrected chi connectivity index (χ3v) is 4.46. The van der Waals surface area contributed by atoms with Crippen molar-refractivity contribution in [2.75, 3.05) is 0 Å². The minimum Gasteiger partial charge on any atom is -0.297 e. The zero-order valence-electron chi connectivity index (χ0n) is 6.23. The van der Waals surface area contributed by atoms with Crippen molar-refractivity contribution in [1.82, 2.24) is 0 Å². The highest BCUT2D eigenvalue weighted by Gasteiger charge is 2.52. The van der Waals surface area contributed by atoms with Gasteiger partial charge in [-0.2, -0.15) is 0 Å². The summed E-state index contributed by atoms with van der Waals surface area (Å²) in [7, 11) is 0. The third kappa shape index (κ3) is 1.20. The molecule has 0 spiro atoms. The quantitative estimate of drug-likeness (QED) is 0.501. The summed E-state index contributed by atoms with van der Waals surface area (Å²) >= 11 is 6.26. The monoisotopic (exact) mass is 282 g/mol. The fraction of sp³-hybridized carbons (Fsp3) is 0.714. The zero-order valence-corrected chi connectivity index (χ0v) is 9.40. The van der Waals surface area contributed by atoms with E-state index in [9.17, 15) is 9.59 Å². The topological polar surface area (TPSA) is 34.1 Å². The lowest BCUT2D eigenvalue weighted by molar-refractivity contribution is -0.124. The molecule has 0 radical (unpaired) electrons. The van der Waals surface area contributed by atoms with Crippen molar-refractivity contribution in [3.05, 3.63) is 0 Å². The van der Waals surface area contributed by atoms with Crippen LogP contribution in [0.2, 0.25) is 0 Å².